The molecule has 0 aliphatic rings. The molecule has 1 aromatic heterocycles. The van der Waals surface area contributed by atoms with Crippen molar-refractivity contribution in [1.29, 1.82) is 0 Å². The number of rotatable bonds is 3. The fraction of sp³-hybridized carbons (Fsp3) is 0.182. The van der Waals surface area contributed by atoms with Gasteiger partial charge in [-0.15, -0.1) is 11.3 Å². The van der Waals surface area contributed by atoms with E-state index in [9.17, 15) is 12.8 Å². The first-order valence-electron chi connectivity index (χ1n) is 5.30. The maximum atomic E-state index is 13.7. The van der Waals surface area contributed by atoms with Gasteiger partial charge in [0.1, 0.15) is 10.7 Å². The van der Waals surface area contributed by atoms with Crippen LogP contribution >= 0.6 is 11.3 Å². The van der Waals surface area contributed by atoms with E-state index >= 15 is 0 Å². The van der Waals surface area contributed by atoms with Gasteiger partial charge in [0.05, 0.1) is 5.69 Å². The second kappa shape index (κ2) is 4.78. The molecule has 0 saturated heterocycles. The molecule has 0 amide bonds. The summed E-state index contributed by atoms with van der Waals surface area (Å²) in [7, 11) is -4.03. The van der Waals surface area contributed by atoms with E-state index in [1.165, 1.54) is 0 Å². The molecule has 0 aliphatic heterocycles. The predicted octanol–water partition coefficient (Wildman–Crippen LogP) is 2.28. The number of aromatic nitrogens is 1. The summed E-state index contributed by atoms with van der Waals surface area (Å²) in [5.41, 5.74) is 7.01. The lowest BCUT2D eigenvalue weighted by molar-refractivity contribution is 0.570. The van der Waals surface area contributed by atoms with Gasteiger partial charge in [-0.3, -0.25) is 4.72 Å². The summed E-state index contributed by atoms with van der Waals surface area (Å²) in [4.78, 5) is 3.48. The van der Waals surface area contributed by atoms with Crippen molar-refractivity contribution in [2.45, 2.75) is 18.7 Å². The Balaban J connectivity index is 2.42. The van der Waals surface area contributed by atoms with Crippen LogP contribution in [0.15, 0.2) is 22.4 Å². The average molecular weight is 301 g/mol. The largest absolute Gasteiger partial charge is 0.398 e. The number of anilines is 2. The highest BCUT2D eigenvalue weighted by Gasteiger charge is 2.21. The Morgan fingerprint density at radius 1 is 1.37 bits per heavy atom. The van der Waals surface area contributed by atoms with E-state index in [-0.39, 0.29) is 10.8 Å². The Labute approximate surface area is 114 Å². The van der Waals surface area contributed by atoms with Gasteiger partial charge in [0, 0.05) is 11.1 Å². The molecule has 0 bridgehead atoms. The third-order valence-corrected chi connectivity index (χ3v) is 4.81. The zero-order valence-electron chi connectivity index (χ0n) is 10.3. The lowest BCUT2D eigenvalue weighted by Crippen LogP contribution is -2.15. The summed E-state index contributed by atoms with van der Waals surface area (Å²) in [5.74, 6) is -0.840. The Kier molecular flexibility index (Phi) is 3.46. The van der Waals surface area contributed by atoms with Gasteiger partial charge >= 0.3 is 0 Å². The number of nitrogens with two attached hydrogens (primary N) is 1. The lowest BCUT2D eigenvalue weighted by atomic mass is 10.2. The van der Waals surface area contributed by atoms with Gasteiger partial charge in [-0.2, -0.15) is 0 Å². The van der Waals surface area contributed by atoms with E-state index in [1.807, 2.05) is 0 Å². The average Bonchev–Trinajstić information content (AvgIpc) is 2.68. The van der Waals surface area contributed by atoms with Crippen molar-refractivity contribution < 1.29 is 12.8 Å². The number of sulfonamides is 1. The summed E-state index contributed by atoms with van der Waals surface area (Å²) in [6.45, 7) is 3.34. The van der Waals surface area contributed by atoms with Gasteiger partial charge in [-0.25, -0.2) is 17.8 Å². The number of benzene rings is 1. The molecule has 5 nitrogen and oxygen atoms in total. The number of hydrogen-bond acceptors (Lipinski definition) is 5. The summed E-state index contributed by atoms with van der Waals surface area (Å²) in [6.07, 6.45) is 0. The second-order valence-corrected chi connectivity index (χ2v) is 6.55. The van der Waals surface area contributed by atoms with Crippen molar-refractivity contribution in [3.05, 3.63) is 34.6 Å². The van der Waals surface area contributed by atoms with E-state index < -0.39 is 20.7 Å². The molecule has 0 saturated carbocycles. The first kappa shape index (κ1) is 13.8. The summed E-state index contributed by atoms with van der Waals surface area (Å²) >= 11 is 1.13. The molecular weight excluding hydrogens is 289 g/mol. The highest BCUT2D eigenvalue weighted by atomic mass is 32.2. The number of nitrogens with one attached hydrogen (secondary N) is 1. The number of nitrogen functional groups attached to an aromatic ring is 1. The monoisotopic (exact) mass is 301 g/mol. The van der Waals surface area contributed by atoms with Gasteiger partial charge in [-0.05, 0) is 31.5 Å². The van der Waals surface area contributed by atoms with Gasteiger partial charge in [0.15, 0.2) is 5.13 Å². The third kappa shape index (κ3) is 2.85. The molecule has 102 valence electrons. The minimum Gasteiger partial charge on any atom is -0.398 e. The first-order chi connectivity index (χ1) is 8.79. The Morgan fingerprint density at radius 2 is 2.05 bits per heavy atom. The van der Waals surface area contributed by atoms with E-state index in [1.54, 1.807) is 19.2 Å². The smallest absolute Gasteiger partial charge is 0.266 e. The second-order valence-electron chi connectivity index (χ2n) is 4.04. The lowest BCUT2D eigenvalue weighted by Gasteiger charge is -2.08. The fourth-order valence-electron chi connectivity index (χ4n) is 1.45. The van der Waals surface area contributed by atoms with Gasteiger partial charge in [0.25, 0.3) is 10.0 Å². The molecule has 2 rings (SSSR count). The van der Waals surface area contributed by atoms with Crippen molar-refractivity contribution in [1.82, 2.24) is 4.98 Å². The molecule has 19 heavy (non-hydrogen) atoms. The molecule has 0 fully saturated rings. The first-order valence-corrected chi connectivity index (χ1v) is 7.66. The van der Waals surface area contributed by atoms with E-state index in [4.69, 9.17) is 5.73 Å². The van der Waals surface area contributed by atoms with Crippen LogP contribution in [0.3, 0.4) is 0 Å². The third-order valence-electron chi connectivity index (χ3n) is 2.45. The topological polar surface area (TPSA) is 85.1 Å². The van der Waals surface area contributed by atoms with Crippen LogP contribution in [0.25, 0.3) is 0 Å². The fourth-order valence-corrected chi connectivity index (χ4v) is 3.48. The van der Waals surface area contributed by atoms with E-state index in [0.29, 0.717) is 11.3 Å². The molecule has 0 spiro atoms. The predicted molar refractivity (Wildman–Crippen MR) is 73.2 cm³/mol. The SMILES string of the molecule is Cc1csc(NS(=O)(=O)c2cc(N)c(C)cc2F)n1. The zero-order chi connectivity index (χ0) is 14.2. The van der Waals surface area contributed by atoms with Crippen LogP contribution in [-0.4, -0.2) is 13.4 Å². The highest BCUT2D eigenvalue weighted by molar-refractivity contribution is 7.93. The quantitative estimate of drug-likeness (QED) is 0.852. The van der Waals surface area contributed by atoms with E-state index in [0.717, 1.165) is 23.5 Å². The van der Waals surface area contributed by atoms with Gasteiger partial charge in [0.2, 0.25) is 0 Å². The van der Waals surface area contributed by atoms with Crippen LogP contribution in [0.1, 0.15) is 11.3 Å². The molecule has 0 radical (unpaired) electrons. The maximum Gasteiger partial charge on any atom is 0.266 e. The molecule has 0 aliphatic carbocycles. The molecule has 0 unspecified atom stereocenters. The van der Waals surface area contributed by atoms with Gasteiger partial charge < -0.3 is 5.73 Å². The summed E-state index contributed by atoms with van der Waals surface area (Å²) in [6, 6.07) is 2.20. The summed E-state index contributed by atoms with van der Waals surface area (Å²) < 4.78 is 40.1. The molecule has 1 heterocycles. The normalized spacial score (nSPS) is 11.5. The van der Waals surface area contributed by atoms with E-state index in [2.05, 4.69) is 9.71 Å². The number of thiazole rings is 1. The van der Waals surface area contributed by atoms with Crippen molar-refractivity contribution in [3.8, 4) is 0 Å². The minimum absolute atomic E-state index is 0.191. The Bertz CT molecular complexity index is 726. The maximum absolute atomic E-state index is 13.7. The molecule has 0 atom stereocenters. The van der Waals surface area contributed by atoms with Crippen LogP contribution in [0.4, 0.5) is 15.2 Å². The van der Waals surface area contributed by atoms with Crippen molar-refractivity contribution in [2.24, 2.45) is 0 Å². The minimum atomic E-state index is -4.03. The molecule has 2 aromatic rings. The Morgan fingerprint density at radius 3 is 2.63 bits per heavy atom. The van der Waals surface area contributed by atoms with Crippen LogP contribution in [0, 0.1) is 19.7 Å². The van der Waals surface area contributed by atoms with Crippen LogP contribution in [-0.2, 0) is 10.0 Å². The number of aryl methyl sites for hydroxylation is 2. The van der Waals surface area contributed by atoms with Crippen LogP contribution < -0.4 is 10.5 Å². The number of nitrogens with zero attached hydrogens (tertiary/aromatic N) is 1. The van der Waals surface area contributed by atoms with Crippen molar-refractivity contribution >= 4 is 32.2 Å². The number of halogens is 1. The number of hydrogen-bond donors (Lipinski definition) is 2. The molecule has 8 heteroatoms. The summed E-state index contributed by atoms with van der Waals surface area (Å²) in [5, 5.41) is 1.88. The molecular formula is C11H12FN3O2S2. The zero-order valence-corrected chi connectivity index (χ0v) is 11.9. The molecule has 1 aromatic carbocycles. The molecule has 3 N–H and O–H groups in total. The van der Waals surface area contributed by atoms with Gasteiger partial charge in [-0.1, -0.05) is 0 Å². The van der Waals surface area contributed by atoms with Crippen LogP contribution in [0.2, 0.25) is 0 Å². The van der Waals surface area contributed by atoms with Crippen molar-refractivity contribution in [3.63, 3.8) is 0 Å². The van der Waals surface area contributed by atoms with Crippen molar-refractivity contribution in [2.75, 3.05) is 10.5 Å². The Hall–Kier alpha value is -1.67. The van der Waals surface area contributed by atoms with Crippen LogP contribution in [0.5, 0.6) is 0 Å². The highest BCUT2D eigenvalue weighted by Crippen LogP contribution is 2.24. The standard InChI is InChI=1S/C11H12FN3O2S2/c1-6-3-8(12)10(4-9(6)13)19(16,17)15-11-14-7(2)5-18-11/h3-5H,13H2,1-2H3,(H,14,15).